The van der Waals surface area contributed by atoms with Crippen molar-refractivity contribution in [3.63, 3.8) is 0 Å². The molecule has 0 aromatic heterocycles. The molecule has 2 nitrogen and oxygen atoms in total. The molecule has 2 heteroatoms. The summed E-state index contributed by atoms with van der Waals surface area (Å²) in [6.07, 6.45) is 0.197. The highest BCUT2D eigenvalue weighted by Gasteiger charge is 2.25. The van der Waals surface area contributed by atoms with Crippen LogP contribution in [0.25, 0.3) is 0 Å². The van der Waals surface area contributed by atoms with Crippen molar-refractivity contribution < 1.29 is 4.74 Å². The quantitative estimate of drug-likeness (QED) is 0.784. The number of hydrogen-bond donors (Lipinski definition) is 1. The monoisotopic (exact) mass is 219 g/mol. The molecule has 0 spiro atoms. The molecule has 0 radical (unpaired) electrons. The second-order valence-corrected chi connectivity index (χ2v) is 5.45. The lowest BCUT2D eigenvalue weighted by Crippen LogP contribution is -2.29. The second-order valence-electron chi connectivity index (χ2n) is 5.45. The minimum Gasteiger partial charge on any atom is -0.372 e. The maximum Gasteiger partial charge on any atom is 0.0952 e. The molecule has 1 unspecified atom stereocenters. The zero-order valence-corrected chi connectivity index (χ0v) is 10.4. The average molecular weight is 219 g/mol. The van der Waals surface area contributed by atoms with Gasteiger partial charge in [-0.05, 0) is 18.1 Å². The van der Waals surface area contributed by atoms with Crippen LogP contribution in [0.2, 0.25) is 0 Å². The summed E-state index contributed by atoms with van der Waals surface area (Å²) in [6.45, 7) is 9.37. The smallest absolute Gasteiger partial charge is 0.0952 e. The van der Waals surface area contributed by atoms with Crippen molar-refractivity contribution in [1.29, 1.82) is 0 Å². The van der Waals surface area contributed by atoms with Gasteiger partial charge in [-0.1, -0.05) is 38.1 Å². The first kappa shape index (κ1) is 11.6. The summed E-state index contributed by atoms with van der Waals surface area (Å²) in [7, 11) is 0. The molecule has 1 heterocycles. The van der Waals surface area contributed by atoms with Crippen LogP contribution in [0.15, 0.2) is 24.3 Å². The van der Waals surface area contributed by atoms with Gasteiger partial charge in [-0.15, -0.1) is 0 Å². The molecule has 1 aliphatic heterocycles. The van der Waals surface area contributed by atoms with Crippen LogP contribution in [0.4, 0.5) is 0 Å². The van der Waals surface area contributed by atoms with Gasteiger partial charge >= 0.3 is 0 Å². The zero-order chi connectivity index (χ0) is 11.6. The molecule has 16 heavy (non-hydrogen) atoms. The molecule has 1 aliphatic rings. The number of ether oxygens (including phenoxy) is 1. The van der Waals surface area contributed by atoms with E-state index in [9.17, 15) is 0 Å². The van der Waals surface area contributed by atoms with Crippen molar-refractivity contribution in [3.8, 4) is 0 Å². The fraction of sp³-hybridized carbons (Fsp3) is 0.571. The van der Waals surface area contributed by atoms with Gasteiger partial charge in [0.15, 0.2) is 0 Å². The summed E-state index contributed by atoms with van der Waals surface area (Å²) < 4.78 is 6.02. The third-order valence-corrected chi connectivity index (χ3v) is 3.14. The average Bonchev–Trinajstić information content (AvgIpc) is 2.40. The lowest BCUT2D eigenvalue weighted by Gasteiger charge is -2.22. The summed E-state index contributed by atoms with van der Waals surface area (Å²) in [4.78, 5) is 0. The Kier molecular flexibility index (Phi) is 3.31. The van der Waals surface area contributed by atoms with E-state index in [0.717, 1.165) is 19.7 Å². The van der Waals surface area contributed by atoms with Gasteiger partial charge in [0.25, 0.3) is 0 Å². The molecule has 1 aromatic rings. The highest BCUT2D eigenvalue weighted by Crippen LogP contribution is 2.26. The van der Waals surface area contributed by atoms with Gasteiger partial charge in [-0.25, -0.2) is 0 Å². The standard InChI is InChI=1S/C14H21NO/c1-11-6-4-5-7-12(11)13-8-15-9-14(2,3)10-16-13/h4-7,13,15H,8-10H2,1-3H3. The van der Waals surface area contributed by atoms with Crippen molar-refractivity contribution in [2.45, 2.75) is 26.9 Å². The SMILES string of the molecule is Cc1ccccc1C1CNCC(C)(C)CO1. The summed E-state index contributed by atoms with van der Waals surface area (Å²) in [5.74, 6) is 0. The van der Waals surface area contributed by atoms with Gasteiger partial charge in [0, 0.05) is 18.5 Å². The fourth-order valence-corrected chi connectivity index (χ4v) is 2.13. The van der Waals surface area contributed by atoms with Crippen molar-refractivity contribution in [3.05, 3.63) is 35.4 Å². The molecule has 1 N–H and O–H groups in total. The Morgan fingerprint density at radius 3 is 2.81 bits per heavy atom. The van der Waals surface area contributed by atoms with Crippen LogP contribution in [0.1, 0.15) is 31.1 Å². The van der Waals surface area contributed by atoms with E-state index in [1.165, 1.54) is 11.1 Å². The number of aryl methyl sites for hydroxylation is 1. The Balaban J connectivity index is 2.14. The Hall–Kier alpha value is -0.860. The van der Waals surface area contributed by atoms with Crippen molar-refractivity contribution in [2.24, 2.45) is 5.41 Å². The van der Waals surface area contributed by atoms with Crippen molar-refractivity contribution in [2.75, 3.05) is 19.7 Å². The van der Waals surface area contributed by atoms with Crippen molar-refractivity contribution >= 4 is 0 Å². The molecule has 88 valence electrons. The summed E-state index contributed by atoms with van der Waals surface area (Å²) in [5.41, 5.74) is 2.86. The summed E-state index contributed by atoms with van der Waals surface area (Å²) in [6, 6.07) is 8.48. The molecule has 1 aromatic carbocycles. The van der Waals surface area contributed by atoms with E-state index < -0.39 is 0 Å². The highest BCUT2D eigenvalue weighted by molar-refractivity contribution is 5.28. The molecule has 1 atom stereocenters. The van der Waals surface area contributed by atoms with Crippen LogP contribution in [-0.2, 0) is 4.74 Å². The maximum absolute atomic E-state index is 6.02. The van der Waals surface area contributed by atoms with Gasteiger partial charge in [0.1, 0.15) is 0 Å². The first-order valence-electron chi connectivity index (χ1n) is 5.96. The Morgan fingerprint density at radius 1 is 1.31 bits per heavy atom. The minimum absolute atomic E-state index is 0.197. The highest BCUT2D eigenvalue weighted by atomic mass is 16.5. The third kappa shape index (κ3) is 2.63. The predicted molar refractivity (Wildman–Crippen MR) is 66.5 cm³/mol. The molecular formula is C14H21NO. The topological polar surface area (TPSA) is 21.3 Å². The van der Waals surface area contributed by atoms with E-state index in [0.29, 0.717) is 0 Å². The van der Waals surface area contributed by atoms with E-state index in [4.69, 9.17) is 4.74 Å². The Morgan fingerprint density at radius 2 is 2.06 bits per heavy atom. The molecular weight excluding hydrogens is 198 g/mol. The molecule has 0 aliphatic carbocycles. The molecule has 1 saturated heterocycles. The molecule has 0 amide bonds. The molecule has 1 fully saturated rings. The zero-order valence-electron chi connectivity index (χ0n) is 10.4. The van der Waals surface area contributed by atoms with Gasteiger partial charge in [-0.3, -0.25) is 0 Å². The van der Waals surface area contributed by atoms with Crippen LogP contribution in [-0.4, -0.2) is 19.7 Å². The number of hydrogen-bond acceptors (Lipinski definition) is 2. The van der Waals surface area contributed by atoms with Crippen LogP contribution in [0.5, 0.6) is 0 Å². The summed E-state index contributed by atoms with van der Waals surface area (Å²) in [5, 5.41) is 3.49. The van der Waals surface area contributed by atoms with Gasteiger partial charge in [0.2, 0.25) is 0 Å². The van der Waals surface area contributed by atoms with E-state index in [-0.39, 0.29) is 11.5 Å². The van der Waals surface area contributed by atoms with Crippen LogP contribution < -0.4 is 5.32 Å². The van der Waals surface area contributed by atoms with Gasteiger partial charge in [-0.2, -0.15) is 0 Å². The van der Waals surface area contributed by atoms with Gasteiger partial charge < -0.3 is 10.1 Å². The van der Waals surface area contributed by atoms with Gasteiger partial charge in [0.05, 0.1) is 12.7 Å². The molecule has 2 rings (SSSR count). The summed E-state index contributed by atoms with van der Waals surface area (Å²) >= 11 is 0. The van der Waals surface area contributed by atoms with Crippen molar-refractivity contribution in [1.82, 2.24) is 5.32 Å². The molecule has 0 saturated carbocycles. The van der Waals surface area contributed by atoms with E-state index in [1.54, 1.807) is 0 Å². The van der Waals surface area contributed by atoms with E-state index in [1.807, 2.05) is 0 Å². The van der Waals surface area contributed by atoms with Crippen LogP contribution >= 0.6 is 0 Å². The normalized spacial score (nSPS) is 25.1. The lowest BCUT2D eigenvalue weighted by molar-refractivity contribution is 0.0257. The van der Waals surface area contributed by atoms with E-state index >= 15 is 0 Å². The number of benzene rings is 1. The van der Waals surface area contributed by atoms with E-state index in [2.05, 4.69) is 50.4 Å². The lowest BCUT2D eigenvalue weighted by atomic mass is 9.95. The number of nitrogens with one attached hydrogen (secondary N) is 1. The second kappa shape index (κ2) is 4.56. The third-order valence-electron chi connectivity index (χ3n) is 3.14. The maximum atomic E-state index is 6.02. The number of rotatable bonds is 1. The van der Waals surface area contributed by atoms with Crippen LogP contribution in [0.3, 0.4) is 0 Å². The van der Waals surface area contributed by atoms with Crippen LogP contribution in [0, 0.1) is 12.3 Å². The largest absolute Gasteiger partial charge is 0.372 e. The molecule has 0 bridgehead atoms. The fourth-order valence-electron chi connectivity index (χ4n) is 2.13. The predicted octanol–water partition coefficient (Wildman–Crippen LogP) is 2.68. The first-order valence-corrected chi connectivity index (χ1v) is 5.96. The Labute approximate surface area is 98.0 Å². The Bertz CT molecular complexity index is 360. The first-order chi connectivity index (χ1) is 7.58. The minimum atomic E-state index is 0.197.